The molecule has 1 saturated heterocycles. The summed E-state index contributed by atoms with van der Waals surface area (Å²) in [6.45, 7) is 5.11. The maximum Gasteiger partial charge on any atom is 0.251 e. The van der Waals surface area contributed by atoms with Gasteiger partial charge in [0.25, 0.3) is 5.91 Å². The molecule has 1 N–H and O–H groups in total. The second kappa shape index (κ2) is 11.0. The summed E-state index contributed by atoms with van der Waals surface area (Å²) in [6, 6.07) is 16.5. The fraction of sp³-hybridized carbons (Fsp3) is 0.333. The molecule has 0 aliphatic carbocycles. The predicted octanol–water partition coefficient (Wildman–Crippen LogP) is 3.95. The van der Waals surface area contributed by atoms with Crippen LogP contribution < -0.4 is 10.1 Å². The number of sulfone groups is 1. The molecule has 7 nitrogen and oxygen atoms in total. The number of piperidine rings is 1. The average Bonchev–Trinajstić information content (AvgIpc) is 2.86. The van der Waals surface area contributed by atoms with E-state index in [9.17, 15) is 13.2 Å². The number of nitrogens with one attached hydrogen (secondary N) is 1. The quantitative estimate of drug-likeness (QED) is 0.511. The molecule has 3 aromatic rings. The summed E-state index contributed by atoms with van der Waals surface area (Å²) in [5.74, 6) is 0.623. The van der Waals surface area contributed by atoms with Crippen molar-refractivity contribution < 1.29 is 17.9 Å². The number of hydrogen-bond acceptors (Lipinski definition) is 6. The third kappa shape index (κ3) is 6.46. The molecule has 2 aromatic carbocycles. The van der Waals surface area contributed by atoms with Gasteiger partial charge in [0, 0.05) is 61.0 Å². The van der Waals surface area contributed by atoms with Crippen molar-refractivity contribution in [2.75, 3.05) is 26.0 Å². The zero-order chi connectivity index (χ0) is 24.8. The fourth-order valence-corrected chi connectivity index (χ4v) is 5.00. The van der Waals surface area contributed by atoms with Crippen molar-refractivity contribution in [2.24, 2.45) is 0 Å². The average molecular weight is 494 g/mol. The van der Waals surface area contributed by atoms with E-state index in [1.165, 1.54) is 17.7 Å². The van der Waals surface area contributed by atoms with Crippen LogP contribution in [0.25, 0.3) is 11.1 Å². The van der Waals surface area contributed by atoms with Crippen LogP contribution in [0.3, 0.4) is 0 Å². The first-order valence-electron chi connectivity index (χ1n) is 11.8. The lowest BCUT2D eigenvalue weighted by atomic mass is 10.0. The Bertz CT molecular complexity index is 1270. The number of rotatable bonds is 8. The summed E-state index contributed by atoms with van der Waals surface area (Å²) in [6.07, 6.45) is 6.42. The number of nitrogens with zero attached hydrogens (tertiary/aromatic N) is 2. The summed E-state index contributed by atoms with van der Waals surface area (Å²) in [5.41, 5.74) is 3.61. The van der Waals surface area contributed by atoms with Crippen LogP contribution in [0.5, 0.6) is 5.75 Å². The number of pyridine rings is 1. The number of carbonyl (C=O) groups excluding carboxylic acids is 1. The Morgan fingerprint density at radius 2 is 1.91 bits per heavy atom. The van der Waals surface area contributed by atoms with Crippen molar-refractivity contribution in [2.45, 2.75) is 37.2 Å². The monoisotopic (exact) mass is 493 g/mol. The third-order valence-electron chi connectivity index (χ3n) is 6.17. The van der Waals surface area contributed by atoms with Gasteiger partial charge in [0.05, 0.1) is 11.5 Å². The minimum absolute atomic E-state index is 0.0626. The molecule has 2 heterocycles. The first-order valence-corrected chi connectivity index (χ1v) is 13.7. The summed E-state index contributed by atoms with van der Waals surface area (Å²) < 4.78 is 29.5. The zero-order valence-electron chi connectivity index (χ0n) is 20.1. The van der Waals surface area contributed by atoms with E-state index in [0.29, 0.717) is 12.2 Å². The summed E-state index contributed by atoms with van der Waals surface area (Å²) >= 11 is 0. The van der Waals surface area contributed by atoms with Crippen LogP contribution in [0.2, 0.25) is 0 Å². The molecule has 1 aliphatic rings. The Morgan fingerprint density at radius 3 is 2.60 bits per heavy atom. The van der Waals surface area contributed by atoms with Crippen molar-refractivity contribution in [3.8, 4) is 16.9 Å². The smallest absolute Gasteiger partial charge is 0.251 e. The highest BCUT2D eigenvalue weighted by Gasteiger charge is 2.22. The van der Waals surface area contributed by atoms with Crippen LogP contribution in [0, 0.1) is 0 Å². The van der Waals surface area contributed by atoms with Gasteiger partial charge in [0.15, 0.2) is 9.84 Å². The highest BCUT2D eigenvalue weighted by atomic mass is 32.2. The lowest BCUT2D eigenvalue weighted by Gasteiger charge is -2.32. The van der Waals surface area contributed by atoms with E-state index in [4.69, 9.17) is 4.74 Å². The SMILES string of the molecule is CCOc1cc(CN2CCC(NC(=O)c3cccc(S(C)(=O)=O)c3)CC2)ccc1-c1cccnc1. The Morgan fingerprint density at radius 1 is 1.11 bits per heavy atom. The lowest BCUT2D eigenvalue weighted by molar-refractivity contribution is 0.0908. The van der Waals surface area contributed by atoms with E-state index in [1.54, 1.807) is 18.3 Å². The molecule has 184 valence electrons. The van der Waals surface area contributed by atoms with Crippen LogP contribution in [-0.4, -0.2) is 56.2 Å². The maximum atomic E-state index is 12.7. The third-order valence-corrected chi connectivity index (χ3v) is 7.28. The van der Waals surface area contributed by atoms with Gasteiger partial charge in [-0.1, -0.05) is 24.3 Å². The molecule has 1 fully saturated rings. The van der Waals surface area contributed by atoms with Crippen LogP contribution in [0.4, 0.5) is 0 Å². The molecular formula is C27H31N3O4S. The highest BCUT2D eigenvalue weighted by molar-refractivity contribution is 7.90. The van der Waals surface area contributed by atoms with E-state index in [1.807, 2.05) is 25.3 Å². The van der Waals surface area contributed by atoms with Gasteiger partial charge < -0.3 is 10.1 Å². The van der Waals surface area contributed by atoms with Crippen LogP contribution >= 0.6 is 0 Å². The molecule has 1 amide bonds. The Hall–Kier alpha value is -3.23. The molecule has 0 spiro atoms. The number of carbonyl (C=O) groups is 1. The molecule has 0 atom stereocenters. The summed E-state index contributed by atoms with van der Waals surface area (Å²) in [7, 11) is -3.35. The Balaban J connectivity index is 1.35. The van der Waals surface area contributed by atoms with Crippen LogP contribution in [0.1, 0.15) is 35.7 Å². The summed E-state index contributed by atoms with van der Waals surface area (Å²) in [5, 5.41) is 3.06. The molecule has 1 aliphatic heterocycles. The fourth-order valence-electron chi connectivity index (χ4n) is 4.33. The lowest BCUT2D eigenvalue weighted by Crippen LogP contribution is -2.44. The number of ether oxygens (including phenoxy) is 1. The molecular weight excluding hydrogens is 462 g/mol. The van der Waals surface area contributed by atoms with Crippen LogP contribution in [0.15, 0.2) is 71.9 Å². The first kappa shape index (κ1) is 24.9. The van der Waals surface area contributed by atoms with Gasteiger partial charge in [0.1, 0.15) is 5.75 Å². The predicted molar refractivity (Wildman–Crippen MR) is 136 cm³/mol. The van der Waals surface area contributed by atoms with Gasteiger partial charge in [-0.05, 0) is 55.7 Å². The second-order valence-electron chi connectivity index (χ2n) is 8.83. The number of hydrogen-bond donors (Lipinski definition) is 1. The molecule has 0 saturated carbocycles. The van der Waals surface area contributed by atoms with E-state index in [2.05, 4.69) is 33.4 Å². The number of amides is 1. The van der Waals surface area contributed by atoms with E-state index >= 15 is 0 Å². The molecule has 0 radical (unpaired) electrons. The maximum absolute atomic E-state index is 12.7. The molecule has 0 bridgehead atoms. The molecule has 4 rings (SSSR count). The van der Waals surface area contributed by atoms with Gasteiger partial charge in [-0.2, -0.15) is 0 Å². The molecule has 1 aromatic heterocycles. The Labute approximate surface area is 207 Å². The summed E-state index contributed by atoms with van der Waals surface area (Å²) in [4.78, 5) is 19.4. The Kier molecular flexibility index (Phi) is 7.83. The topological polar surface area (TPSA) is 88.6 Å². The largest absolute Gasteiger partial charge is 0.493 e. The van der Waals surface area contributed by atoms with Gasteiger partial charge in [-0.3, -0.25) is 14.7 Å². The molecule has 0 unspecified atom stereocenters. The van der Waals surface area contributed by atoms with E-state index in [-0.39, 0.29) is 16.8 Å². The van der Waals surface area contributed by atoms with Crippen LogP contribution in [-0.2, 0) is 16.4 Å². The normalized spacial score (nSPS) is 15.0. The number of aromatic nitrogens is 1. The molecule has 35 heavy (non-hydrogen) atoms. The van der Waals surface area contributed by atoms with Crippen molar-refractivity contribution in [3.63, 3.8) is 0 Å². The van der Waals surface area contributed by atoms with Gasteiger partial charge in [0.2, 0.25) is 0 Å². The van der Waals surface area contributed by atoms with Gasteiger partial charge >= 0.3 is 0 Å². The molecule has 8 heteroatoms. The minimum atomic E-state index is -3.35. The van der Waals surface area contributed by atoms with Gasteiger partial charge in [-0.25, -0.2) is 8.42 Å². The van der Waals surface area contributed by atoms with Crippen molar-refractivity contribution in [1.29, 1.82) is 0 Å². The number of likely N-dealkylation sites (tertiary alicyclic amines) is 1. The van der Waals surface area contributed by atoms with Crippen molar-refractivity contribution >= 4 is 15.7 Å². The number of benzene rings is 2. The van der Waals surface area contributed by atoms with Crippen molar-refractivity contribution in [3.05, 3.63) is 78.1 Å². The minimum Gasteiger partial charge on any atom is -0.493 e. The van der Waals surface area contributed by atoms with E-state index in [0.717, 1.165) is 55.6 Å². The second-order valence-corrected chi connectivity index (χ2v) is 10.8. The van der Waals surface area contributed by atoms with E-state index < -0.39 is 9.84 Å². The standard InChI is InChI=1S/C27H31N3O4S/c1-3-34-26-16-20(9-10-25(26)22-7-5-13-28-18-22)19-30-14-11-23(12-15-30)29-27(31)21-6-4-8-24(17-21)35(2,32)33/h4-10,13,16-18,23H,3,11-12,14-15,19H2,1-2H3,(H,29,31). The van der Waals surface area contributed by atoms with Crippen molar-refractivity contribution in [1.82, 2.24) is 15.2 Å². The highest BCUT2D eigenvalue weighted by Crippen LogP contribution is 2.31. The van der Waals surface area contributed by atoms with Gasteiger partial charge in [-0.15, -0.1) is 0 Å². The first-order chi connectivity index (χ1) is 16.8. The zero-order valence-corrected chi connectivity index (χ0v) is 20.9.